The van der Waals surface area contributed by atoms with Crippen LogP contribution in [0.5, 0.6) is 0 Å². The number of benzene rings is 1. The van der Waals surface area contributed by atoms with Crippen molar-refractivity contribution >= 4 is 16.7 Å². The number of Topliss-reactive ketones (excluding diaryl/α,β-unsaturated/α-hetero) is 1. The zero-order chi connectivity index (χ0) is 13.6. The molecule has 2 heterocycles. The van der Waals surface area contributed by atoms with E-state index in [2.05, 4.69) is 16.4 Å². The molecular weight excluding hydrogens is 238 g/mol. The van der Waals surface area contributed by atoms with E-state index >= 15 is 0 Å². The Morgan fingerprint density at radius 3 is 2.89 bits per heavy atom. The molecule has 1 aromatic heterocycles. The summed E-state index contributed by atoms with van der Waals surface area (Å²) < 4.78 is 0. The van der Waals surface area contributed by atoms with Gasteiger partial charge in [0.15, 0.2) is 5.78 Å². The molecule has 2 aromatic rings. The van der Waals surface area contributed by atoms with Gasteiger partial charge in [-0.25, -0.2) is 0 Å². The Hall–Kier alpha value is -2.12. The first-order chi connectivity index (χ1) is 9.06. The van der Waals surface area contributed by atoms with Gasteiger partial charge in [-0.1, -0.05) is 18.2 Å². The summed E-state index contributed by atoms with van der Waals surface area (Å²) in [5.74, 6) is 0.0141. The minimum atomic E-state index is -0.812. The van der Waals surface area contributed by atoms with Crippen LogP contribution in [0.1, 0.15) is 25.1 Å². The Balaban J connectivity index is 2.30. The number of hydrogen-bond donors (Lipinski definition) is 2. The lowest BCUT2D eigenvalue weighted by Crippen LogP contribution is -2.54. The minimum absolute atomic E-state index is 0.0141. The number of aromatic nitrogens is 1. The third-order valence-electron chi connectivity index (χ3n) is 4.04. The largest absolute Gasteiger partial charge is 0.356 e. The molecule has 0 bridgehead atoms. The van der Waals surface area contributed by atoms with Gasteiger partial charge in [0.25, 0.3) is 0 Å². The van der Waals surface area contributed by atoms with Crippen LogP contribution in [-0.2, 0) is 16.8 Å². The number of nitrogens with zero attached hydrogens (tertiary/aromatic N) is 1. The highest BCUT2D eigenvalue weighted by molar-refractivity contribution is 5.92. The van der Waals surface area contributed by atoms with E-state index in [0.717, 1.165) is 22.2 Å². The first-order valence-electron chi connectivity index (χ1n) is 6.34. The van der Waals surface area contributed by atoms with Crippen molar-refractivity contribution in [2.45, 2.75) is 31.8 Å². The van der Waals surface area contributed by atoms with Crippen LogP contribution in [0.3, 0.4) is 0 Å². The number of rotatable bonds is 1. The standard InChI is InChI=1S/C15H15N3O/c1-9(19)15(2)14-12(7-10(8-16)18-15)11-5-3-4-6-13(11)17-14/h3-6,10,17-18H,7H2,1-2H3/t10-,15+/m1/s1. The van der Waals surface area contributed by atoms with E-state index in [9.17, 15) is 10.1 Å². The summed E-state index contributed by atoms with van der Waals surface area (Å²) in [7, 11) is 0. The van der Waals surface area contributed by atoms with Crippen LogP contribution in [0.25, 0.3) is 10.9 Å². The maximum absolute atomic E-state index is 12.0. The maximum Gasteiger partial charge on any atom is 0.155 e. The fourth-order valence-corrected chi connectivity index (χ4v) is 2.87. The lowest BCUT2D eigenvalue weighted by atomic mass is 9.83. The zero-order valence-corrected chi connectivity index (χ0v) is 10.9. The molecule has 0 amide bonds. The van der Waals surface area contributed by atoms with Gasteiger partial charge in [0, 0.05) is 23.0 Å². The van der Waals surface area contributed by atoms with Crippen molar-refractivity contribution in [3.8, 4) is 6.07 Å². The molecule has 4 nitrogen and oxygen atoms in total. The Morgan fingerprint density at radius 1 is 1.47 bits per heavy atom. The first kappa shape index (κ1) is 11.9. The molecule has 3 rings (SSSR count). The van der Waals surface area contributed by atoms with Crippen molar-refractivity contribution in [2.75, 3.05) is 0 Å². The molecule has 1 aromatic carbocycles. The number of aromatic amines is 1. The number of fused-ring (bicyclic) bond motifs is 3. The van der Waals surface area contributed by atoms with E-state index in [-0.39, 0.29) is 11.8 Å². The van der Waals surface area contributed by atoms with Crippen molar-refractivity contribution in [3.63, 3.8) is 0 Å². The van der Waals surface area contributed by atoms with Crippen LogP contribution in [0.15, 0.2) is 24.3 Å². The van der Waals surface area contributed by atoms with E-state index in [1.54, 1.807) is 6.92 Å². The molecule has 96 valence electrons. The van der Waals surface area contributed by atoms with Crippen molar-refractivity contribution in [3.05, 3.63) is 35.5 Å². The molecule has 0 spiro atoms. The lowest BCUT2D eigenvalue weighted by molar-refractivity contribution is -0.123. The van der Waals surface area contributed by atoms with Gasteiger partial charge in [-0.2, -0.15) is 5.26 Å². The molecule has 0 radical (unpaired) electrons. The molecule has 0 unspecified atom stereocenters. The monoisotopic (exact) mass is 253 g/mol. The SMILES string of the molecule is CC(=O)[C@]1(C)N[C@@H](C#N)Cc2c1[nH]c1ccccc21. The fourth-order valence-electron chi connectivity index (χ4n) is 2.87. The molecule has 2 N–H and O–H groups in total. The fraction of sp³-hybridized carbons (Fsp3) is 0.333. The van der Waals surface area contributed by atoms with E-state index in [1.807, 2.05) is 31.2 Å². The molecule has 0 saturated carbocycles. The van der Waals surface area contributed by atoms with Gasteiger partial charge in [0.2, 0.25) is 0 Å². The number of carbonyl (C=O) groups is 1. The number of nitriles is 1. The van der Waals surface area contributed by atoms with Crippen LogP contribution in [0.2, 0.25) is 0 Å². The average molecular weight is 253 g/mol. The quantitative estimate of drug-likeness (QED) is 0.816. The second-order valence-electron chi connectivity index (χ2n) is 5.24. The molecule has 0 saturated heterocycles. The highest BCUT2D eigenvalue weighted by atomic mass is 16.1. The summed E-state index contributed by atoms with van der Waals surface area (Å²) >= 11 is 0. The molecule has 0 aliphatic carbocycles. The van der Waals surface area contributed by atoms with Crippen LogP contribution >= 0.6 is 0 Å². The van der Waals surface area contributed by atoms with Crippen molar-refractivity contribution in [1.82, 2.24) is 10.3 Å². The van der Waals surface area contributed by atoms with Crippen molar-refractivity contribution < 1.29 is 4.79 Å². The number of nitrogens with one attached hydrogen (secondary N) is 2. The van der Waals surface area contributed by atoms with E-state index < -0.39 is 5.54 Å². The summed E-state index contributed by atoms with van der Waals surface area (Å²) in [6.07, 6.45) is 0.624. The Bertz CT molecular complexity index is 710. The number of ketones is 1. The molecule has 0 fully saturated rings. The van der Waals surface area contributed by atoms with Gasteiger partial charge in [0.05, 0.1) is 6.07 Å². The molecule has 4 heteroatoms. The Labute approximate surface area is 111 Å². The highest BCUT2D eigenvalue weighted by Crippen LogP contribution is 2.35. The molecular formula is C15H15N3O. The lowest BCUT2D eigenvalue weighted by Gasteiger charge is -2.35. The topological polar surface area (TPSA) is 68.7 Å². The Morgan fingerprint density at radius 2 is 2.21 bits per heavy atom. The van der Waals surface area contributed by atoms with E-state index in [0.29, 0.717) is 6.42 Å². The summed E-state index contributed by atoms with van der Waals surface area (Å²) in [6, 6.07) is 9.87. The summed E-state index contributed by atoms with van der Waals surface area (Å²) in [4.78, 5) is 15.4. The number of carbonyl (C=O) groups excluding carboxylic acids is 1. The Kier molecular flexibility index (Phi) is 2.48. The normalized spacial score (nSPS) is 25.8. The van der Waals surface area contributed by atoms with Gasteiger partial charge in [-0.05, 0) is 25.5 Å². The van der Waals surface area contributed by atoms with Crippen LogP contribution in [0.4, 0.5) is 0 Å². The summed E-state index contributed by atoms with van der Waals surface area (Å²) in [5, 5.41) is 13.5. The molecule has 19 heavy (non-hydrogen) atoms. The predicted octanol–water partition coefficient (Wildman–Crippen LogP) is 2.01. The van der Waals surface area contributed by atoms with Gasteiger partial charge in [-0.15, -0.1) is 0 Å². The molecule has 2 atom stereocenters. The average Bonchev–Trinajstić information content (AvgIpc) is 2.78. The summed E-state index contributed by atoms with van der Waals surface area (Å²) in [5.41, 5.74) is 2.18. The third kappa shape index (κ3) is 1.59. The van der Waals surface area contributed by atoms with Crippen LogP contribution in [-0.4, -0.2) is 16.8 Å². The van der Waals surface area contributed by atoms with Gasteiger partial charge in [-0.3, -0.25) is 10.1 Å². The van der Waals surface area contributed by atoms with Gasteiger partial charge in [0.1, 0.15) is 11.6 Å². The number of hydrogen-bond acceptors (Lipinski definition) is 3. The van der Waals surface area contributed by atoms with Crippen molar-refractivity contribution in [1.29, 1.82) is 5.26 Å². The second kappa shape index (κ2) is 3.94. The highest BCUT2D eigenvalue weighted by Gasteiger charge is 2.42. The van der Waals surface area contributed by atoms with Gasteiger partial charge >= 0.3 is 0 Å². The van der Waals surface area contributed by atoms with Gasteiger partial charge < -0.3 is 4.98 Å². The predicted molar refractivity (Wildman–Crippen MR) is 72.6 cm³/mol. The zero-order valence-electron chi connectivity index (χ0n) is 10.9. The molecule has 1 aliphatic rings. The molecule has 1 aliphatic heterocycles. The van der Waals surface area contributed by atoms with Crippen LogP contribution in [0, 0.1) is 11.3 Å². The van der Waals surface area contributed by atoms with E-state index in [4.69, 9.17) is 0 Å². The first-order valence-corrected chi connectivity index (χ1v) is 6.34. The second-order valence-corrected chi connectivity index (χ2v) is 5.24. The minimum Gasteiger partial charge on any atom is -0.356 e. The number of para-hydroxylation sites is 1. The smallest absolute Gasteiger partial charge is 0.155 e. The van der Waals surface area contributed by atoms with E-state index in [1.165, 1.54) is 0 Å². The van der Waals surface area contributed by atoms with Crippen molar-refractivity contribution in [2.24, 2.45) is 0 Å². The van der Waals surface area contributed by atoms with Crippen LogP contribution < -0.4 is 5.32 Å². The summed E-state index contributed by atoms with van der Waals surface area (Å²) in [6.45, 7) is 3.40. The third-order valence-corrected chi connectivity index (χ3v) is 4.04. The maximum atomic E-state index is 12.0. The number of H-pyrrole nitrogens is 1.